The molecule has 0 aromatic heterocycles. The van der Waals surface area contributed by atoms with Gasteiger partial charge in [0.25, 0.3) is 0 Å². The molecule has 0 aromatic rings. The van der Waals surface area contributed by atoms with Gasteiger partial charge in [-0.15, -0.1) is 0 Å². The van der Waals surface area contributed by atoms with Gasteiger partial charge in [-0.3, -0.25) is 0 Å². The van der Waals surface area contributed by atoms with Crippen molar-refractivity contribution in [3.8, 4) is 0 Å². The zero-order valence-electron chi connectivity index (χ0n) is 9.93. The monoisotopic (exact) mass is 232 g/mol. The Labute approximate surface area is 95.2 Å². The smallest absolute Gasteiger partial charge is 0.334 e. The molecule has 0 saturated heterocycles. The van der Waals surface area contributed by atoms with Crippen LogP contribution >= 0.6 is 0 Å². The Kier molecular flexibility index (Phi) is 6.48. The Morgan fingerprint density at radius 3 is 2.31 bits per heavy atom. The fraction of sp³-hybridized carbons (Fsp3) is 0.800. The largest absolute Gasteiger partial charge is 0.479 e. The minimum Gasteiger partial charge on any atom is -0.479 e. The molecule has 6 nitrogen and oxygen atoms in total. The molecule has 0 spiro atoms. The molecule has 0 rings (SSSR count). The zero-order valence-corrected chi connectivity index (χ0v) is 9.93. The number of hydrogen-bond donors (Lipinski definition) is 3. The van der Waals surface area contributed by atoms with Crippen LogP contribution in [0, 0.1) is 5.92 Å². The number of amides is 2. The van der Waals surface area contributed by atoms with E-state index >= 15 is 0 Å². The first-order valence-electron chi connectivity index (χ1n) is 5.32. The number of aliphatic hydroxyl groups excluding tert-OH is 1. The van der Waals surface area contributed by atoms with Gasteiger partial charge in [0.2, 0.25) is 0 Å². The van der Waals surface area contributed by atoms with Crippen LogP contribution < -0.4 is 5.32 Å². The van der Waals surface area contributed by atoms with Crippen LogP contribution in [0.5, 0.6) is 0 Å². The second-order valence-electron chi connectivity index (χ2n) is 3.97. The summed E-state index contributed by atoms with van der Waals surface area (Å²) in [4.78, 5) is 23.4. The second-order valence-corrected chi connectivity index (χ2v) is 3.97. The minimum atomic E-state index is -1.55. The van der Waals surface area contributed by atoms with Crippen LogP contribution in [0.25, 0.3) is 0 Å². The molecule has 0 saturated carbocycles. The van der Waals surface area contributed by atoms with Crippen LogP contribution in [0.15, 0.2) is 0 Å². The summed E-state index contributed by atoms with van der Waals surface area (Å²) in [6.07, 6.45) is -1.55. The van der Waals surface area contributed by atoms with Gasteiger partial charge in [-0.2, -0.15) is 0 Å². The van der Waals surface area contributed by atoms with Crippen molar-refractivity contribution < 1.29 is 19.8 Å². The lowest BCUT2D eigenvalue weighted by Crippen LogP contribution is -2.45. The third-order valence-corrected chi connectivity index (χ3v) is 1.99. The maximum Gasteiger partial charge on any atom is 0.334 e. The molecule has 94 valence electrons. The first kappa shape index (κ1) is 14.7. The van der Waals surface area contributed by atoms with Gasteiger partial charge in [-0.05, 0) is 12.8 Å². The Bertz CT molecular complexity index is 243. The first-order chi connectivity index (χ1) is 7.38. The molecule has 0 bridgehead atoms. The Morgan fingerprint density at radius 2 is 1.94 bits per heavy atom. The summed E-state index contributed by atoms with van der Waals surface area (Å²) < 4.78 is 0. The van der Waals surface area contributed by atoms with E-state index < -0.39 is 12.1 Å². The molecule has 16 heavy (non-hydrogen) atoms. The van der Waals surface area contributed by atoms with Crippen molar-refractivity contribution in [3.63, 3.8) is 0 Å². The third kappa shape index (κ3) is 5.55. The fourth-order valence-corrected chi connectivity index (χ4v) is 1.18. The van der Waals surface area contributed by atoms with Crippen molar-refractivity contribution in [3.05, 3.63) is 0 Å². The van der Waals surface area contributed by atoms with Crippen molar-refractivity contribution in [1.82, 2.24) is 10.2 Å². The highest BCUT2D eigenvalue weighted by Crippen LogP contribution is 1.98. The standard InChI is InChI=1S/C10H20N2O4/c1-4-12(6-7(2)3)10(16)11-5-8(13)9(14)15/h7-8,13H,4-6H2,1-3H3,(H,11,16)(H,14,15). The summed E-state index contributed by atoms with van der Waals surface area (Å²) in [5, 5.41) is 19.8. The fourth-order valence-electron chi connectivity index (χ4n) is 1.18. The number of aliphatic hydroxyl groups is 1. The Morgan fingerprint density at radius 1 is 1.38 bits per heavy atom. The maximum atomic E-state index is 11.5. The van der Waals surface area contributed by atoms with Gasteiger partial charge in [-0.25, -0.2) is 9.59 Å². The van der Waals surface area contributed by atoms with Crippen molar-refractivity contribution >= 4 is 12.0 Å². The predicted molar refractivity (Wildman–Crippen MR) is 59.1 cm³/mol. The molecule has 0 heterocycles. The molecule has 0 aliphatic heterocycles. The van der Waals surface area contributed by atoms with Crippen LogP contribution in [-0.4, -0.2) is 52.9 Å². The average Bonchev–Trinajstić information content (AvgIpc) is 2.21. The Balaban J connectivity index is 4.07. The molecular formula is C10H20N2O4. The average molecular weight is 232 g/mol. The van der Waals surface area contributed by atoms with Gasteiger partial charge in [-0.1, -0.05) is 13.8 Å². The summed E-state index contributed by atoms with van der Waals surface area (Å²) >= 11 is 0. The van der Waals surface area contributed by atoms with Gasteiger partial charge in [0.1, 0.15) is 0 Å². The lowest BCUT2D eigenvalue weighted by Gasteiger charge is -2.23. The van der Waals surface area contributed by atoms with Crippen LogP contribution in [0.4, 0.5) is 4.79 Å². The van der Waals surface area contributed by atoms with E-state index in [1.165, 1.54) is 0 Å². The van der Waals surface area contributed by atoms with E-state index in [-0.39, 0.29) is 12.6 Å². The quantitative estimate of drug-likeness (QED) is 0.606. The molecule has 1 atom stereocenters. The summed E-state index contributed by atoms with van der Waals surface area (Å²) in [5.41, 5.74) is 0. The third-order valence-electron chi connectivity index (χ3n) is 1.99. The van der Waals surface area contributed by atoms with Gasteiger partial charge >= 0.3 is 12.0 Å². The van der Waals surface area contributed by atoms with Gasteiger partial charge < -0.3 is 20.4 Å². The molecule has 3 N–H and O–H groups in total. The number of carbonyl (C=O) groups is 2. The highest BCUT2D eigenvalue weighted by molar-refractivity contribution is 5.76. The van der Waals surface area contributed by atoms with Crippen molar-refractivity contribution in [1.29, 1.82) is 0 Å². The second kappa shape index (κ2) is 7.05. The number of nitrogens with zero attached hydrogens (tertiary/aromatic N) is 1. The lowest BCUT2D eigenvalue weighted by molar-refractivity contribution is -0.146. The molecule has 2 amide bonds. The molecular weight excluding hydrogens is 212 g/mol. The number of nitrogens with one attached hydrogen (secondary N) is 1. The molecule has 0 aliphatic carbocycles. The molecule has 0 aromatic carbocycles. The van der Waals surface area contributed by atoms with Crippen LogP contribution in [0.2, 0.25) is 0 Å². The number of urea groups is 1. The first-order valence-corrected chi connectivity index (χ1v) is 5.32. The summed E-state index contributed by atoms with van der Waals surface area (Å²) in [6, 6.07) is -0.350. The highest BCUT2D eigenvalue weighted by atomic mass is 16.4. The minimum absolute atomic E-state index is 0.275. The van der Waals surface area contributed by atoms with Crippen molar-refractivity contribution in [2.45, 2.75) is 26.9 Å². The summed E-state index contributed by atoms with van der Waals surface area (Å²) in [6.45, 7) is 6.70. The summed E-state index contributed by atoms with van der Waals surface area (Å²) in [7, 11) is 0. The Hall–Kier alpha value is -1.30. The van der Waals surface area contributed by atoms with Crippen molar-refractivity contribution in [2.24, 2.45) is 5.92 Å². The van der Waals surface area contributed by atoms with E-state index in [4.69, 9.17) is 10.2 Å². The molecule has 0 radical (unpaired) electrons. The molecule has 1 unspecified atom stereocenters. The van der Waals surface area contributed by atoms with Gasteiger partial charge in [0, 0.05) is 13.1 Å². The van der Waals surface area contributed by atoms with Crippen LogP contribution in [0.3, 0.4) is 0 Å². The van der Waals surface area contributed by atoms with E-state index in [1.54, 1.807) is 4.90 Å². The maximum absolute atomic E-state index is 11.5. The number of aliphatic carboxylic acids is 1. The zero-order chi connectivity index (χ0) is 12.7. The number of hydrogen-bond acceptors (Lipinski definition) is 3. The van der Waals surface area contributed by atoms with Crippen LogP contribution in [-0.2, 0) is 4.79 Å². The van der Waals surface area contributed by atoms with E-state index in [2.05, 4.69) is 5.32 Å². The number of carboxylic acid groups (broad SMARTS) is 1. The lowest BCUT2D eigenvalue weighted by atomic mass is 10.2. The van der Waals surface area contributed by atoms with E-state index in [9.17, 15) is 9.59 Å². The molecule has 0 fully saturated rings. The number of rotatable bonds is 6. The number of carboxylic acids is 1. The van der Waals surface area contributed by atoms with Gasteiger partial charge in [0.05, 0.1) is 6.54 Å². The SMILES string of the molecule is CCN(CC(C)C)C(=O)NCC(O)C(=O)O. The van der Waals surface area contributed by atoms with E-state index in [1.807, 2.05) is 20.8 Å². The topological polar surface area (TPSA) is 89.9 Å². The van der Waals surface area contributed by atoms with E-state index in [0.29, 0.717) is 19.0 Å². The predicted octanol–water partition coefficient (Wildman–Crippen LogP) is 0.119. The highest BCUT2D eigenvalue weighted by Gasteiger charge is 2.17. The van der Waals surface area contributed by atoms with E-state index in [0.717, 1.165) is 0 Å². The molecule has 6 heteroatoms. The number of carbonyl (C=O) groups excluding carboxylic acids is 1. The molecule has 0 aliphatic rings. The van der Waals surface area contributed by atoms with Crippen molar-refractivity contribution in [2.75, 3.05) is 19.6 Å². The summed E-state index contributed by atoms with van der Waals surface area (Å²) in [5.74, 6) is -0.998. The van der Waals surface area contributed by atoms with Crippen LogP contribution in [0.1, 0.15) is 20.8 Å². The normalized spacial score (nSPS) is 12.3. The van der Waals surface area contributed by atoms with Gasteiger partial charge in [0.15, 0.2) is 6.10 Å².